The summed E-state index contributed by atoms with van der Waals surface area (Å²) >= 11 is 0. The molecule has 1 N–H and O–H groups in total. The number of carbonyl (C=O) groups excluding carboxylic acids is 1. The monoisotopic (exact) mass is 389 g/mol. The number of carbonyl (C=O) groups is 1. The zero-order valence-corrected chi connectivity index (χ0v) is 16.4. The van der Waals surface area contributed by atoms with E-state index in [-0.39, 0.29) is 25.2 Å². The summed E-state index contributed by atoms with van der Waals surface area (Å²) in [6, 6.07) is 18.3. The van der Waals surface area contributed by atoms with E-state index in [1.165, 1.54) is 0 Å². The average Bonchev–Trinajstić information content (AvgIpc) is 2.68. The molecule has 3 rings (SSSR count). The Balaban J connectivity index is 1.73. The molecule has 0 bridgehead atoms. The van der Waals surface area contributed by atoms with E-state index in [1.807, 2.05) is 50.2 Å². The van der Waals surface area contributed by atoms with Crippen molar-refractivity contribution in [1.29, 1.82) is 0 Å². The van der Waals surface area contributed by atoms with E-state index in [0.717, 1.165) is 5.56 Å². The molecule has 7 heteroatoms. The van der Waals surface area contributed by atoms with Crippen LogP contribution in [-0.2, 0) is 25.0 Å². The van der Waals surface area contributed by atoms with Crippen molar-refractivity contribution in [1.82, 2.24) is 5.32 Å². The van der Waals surface area contributed by atoms with E-state index in [1.54, 1.807) is 24.3 Å². The molecule has 1 saturated heterocycles. The fraction of sp³-hybridized carbons (Fsp3) is 0.350. The van der Waals surface area contributed by atoms with Gasteiger partial charge in [0.2, 0.25) is 0 Å². The molecule has 1 heterocycles. The molecular formula is C20H24NO5P. The van der Waals surface area contributed by atoms with Crippen molar-refractivity contribution in [2.24, 2.45) is 5.41 Å². The molecular weight excluding hydrogens is 365 g/mol. The van der Waals surface area contributed by atoms with Crippen LogP contribution in [0.5, 0.6) is 0 Å². The Morgan fingerprint density at radius 3 is 2.22 bits per heavy atom. The van der Waals surface area contributed by atoms with E-state index in [2.05, 4.69) is 5.32 Å². The molecule has 144 valence electrons. The number of alkyl carbamates (subject to hydrolysis) is 1. The predicted molar refractivity (Wildman–Crippen MR) is 102 cm³/mol. The molecule has 1 atom stereocenters. The number of ether oxygens (including phenoxy) is 1. The Kier molecular flexibility index (Phi) is 6.00. The smallest absolute Gasteiger partial charge is 0.408 e. The van der Waals surface area contributed by atoms with E-state index >= 15 is 0 Å². The summed E-state index contributed by atoms with van der Waals surface area (Å²) in [6.45, 7) is 4.63. The maximum Gasteiger partial charge on any atom is 0.408 e. The molecule has 0 saturated carbocycles. The Morgan fingerprint density at radius 1 is 1.07 bits per heavy atom. The molecule has 1 aliphatic rings. The molecule has 6 nitrogen and oxygen atoms in total. The van der Waals surface area contributed by atoms with Gasteiger partial charge in [-0.15, -0.1) is 0 Å². The third-order valence-corrected chi connectivity index (χ3v) is 6.21. The van der Waals surface area contributed by atoms with Gasteiger partial charge in [-0.3, -0.25) is 4.57 Å². The van der Waals surface area contributed by atoms with Gasteiger partial charge in [0.05, 0.1) is 13.2 Å². The molecule has 0 radical (unpaired) electrons. The van der Waals surface area contributed by atoms with Crippen molar-refractivity contribution in [3.63, 3.8) is 0 Å². The Hall–Kier alpha value is -2.14. The highest BCUT2D eigenvalue weighted by molar-refractivity contribution is 7.54. The normalized spacial score (nSPS) is 19.0. The number of amides is 1. The van der Waals surface area contributed by atoms with Gasteiger partial charge in [0.15, 0.2) is 5.78 Å². The van der Waals surface area contributed by atoms with Gasteiger partial charge in [-0.1, -0.05) is 74.5 Å². The van der Waals surface area contributed by atoms with Crippen LogP contribution in [0.4, 0.5) is 4.79 Å². The van der Waals surface area contributed by atoms with Crippen LogP contribution in [-0.4, -0.2) is 19.3 Å². The van der Waals surface area contributed by atoms with E-state index in [0.29, 0.717) is 5.56 Å². The van der Waals surface area contributed by atoms with Crippen LogP contribution in [0.3, 0.4) is 0 Å². The fourth-order valence-corrected chi connectivity index (χ4v) is 4.85. The quantitative estimate of drug-likeness (QED) is 0.738. The molecule has 0 aliphatic carbocycles. The number of benzene rings is 2. The average molecular weight is 389 g/mol. The molecule has 1 fully saturated rings. The van der Waals surface area contributed by atoms with Crippen molar-refractivity contribution >= 4 is 13.7 Å². The van der Waals surface area contributed by atoms with E-state index in [4.69, 9.17) is 13.8 Å². The minimum absolute atomic E-state index is 0.118. The topological polar surface area (TPSA) is 73.9 Å². The number of hydrogen-bond donors (Lipinski definition) is 1. The van der Waals surface area contributed by atoms with Crippen LogP contribution in [0.25, 0.3) is 0 Å². The van der Waals surface area contributed by atoms with Crippen molar-refractivity contribution in [3.05, 3.63) is 71.8 Å². The summed E-state index contributed by atoms with van der Waals surface area (Å²) in [7, 11) is -3.59. The van der Waals surface area contributed by atoms with Crippen molar-refractivity contribution in [2.75, 3.05) is 13.2 Å². The molecule has 2 aromatic rings. The Bertz CT molecular complexity index is 796. The van der Waals surface area contributed by atoms with Crippen LogP contribution in [0, 0.1) is 5.41 Å². The van der Waals surface area contributed by atoms with Gasteiger partial charge >= 0.3 is 13.7 Å². The van der Waals surface area contributed by atoms with Crippen LogP contribution in [0.1, 0.15) is 30.8 Å². The highest BCUT2D eigenvalue weighted by Crippen LogP contribution is 2.62. The number of rotatable bonds is 5. The molecule has 0 aromatic heterocycles. The predicted octanol–water partition coefficient (Wildman–Crippen LogP) is 4.88. The van der Waals surface area contributed by atoms with Crippen LogP contribution in [0.15, 0.2) is 60.7 Å². The lowest BCUT2D eigenvalue weighted by atomic mass is 9.97. The van der Waals surface area contributed by atoms with Crippen LogP contribution in [0.2, 0.25) is 0 Å². The lowest BCUT2D eigenvalue weighted by molar-refractivity contribution is 0.0360. The second kappa shape index (κ2) is 8.26. The third kappa shape index (κ3) is 5.19. The van der Waals surface area contributed by atoms with Gasteiger partial charge in [0.1, 0.15) is 6.61 Å². The SMILES string of the molecule is CC1(C)COP(=O)(C(NC(=O)OCc2ccccc2)c2ccccc2)OC1. The summed E-state index contributed by atoms with van der Waals surface area (Å²) in [5.41, 5.74) is 1.27. The van der Waals surface area contributed by atoms with Gasteiger partial charge in [-0.2, -0.15) is 0 Å². The highest BCUT2D eigenvalue weighted by Gasteiger charge is 2.44. The minimum atomic E-state index is -3.59. The highest BCUT2D eigenvalue weighted by atomic mass is 31.2. The summed E-state index contributed by atoms with van der Waals surface area (Å²) in [5.74, 6) is -0.932. The van der Waals surface area contributed by atoms with Gasteiger partial charge in [-0.25, -0.2) is 4.79 Å². The van der Waals surface area contributed by atoms with Gasteiger partial charge in [0, 0.05) is 5.41 Å². The molecule has 0 spiro atoms. The lowest BCUT2D eigenvalue weighted by Crippen LogP contribution is -2.35. The molecule has 2 aromatic carbocycles. The third-order valence-electron chi connectivity index (χ3n) is 4.17. The first-order chi connectivity index (χ1) is 12.9. The van der Waals surface area contributed by atoms with E-state index < -0.39 is 19.5 Å². The molecule has 1 unspecified atom stereocenters. The molecule has 1 aliphatic heterocycles. The summed E-state index contributed by atoms with van der Waals surface area (Å²) < 4.78 is 29.8. The van der Waals surface area contributed by atoms with Crippen molar-refractivity contribution in [2.45, 2.75) is 26.2 Å². The first kappa shape index (κ1) is 19.6. The summed E-state index contributed by atoms with van der Waals surface area (Å²) in [4.78, 5) is 12.3. The van der Waals surface area contributed by atoms with Crippen LogP contribution >= 0.6 is 7.60 Å². The fourth-order valence-electron chi connectivity index (χ4n) is 2.61. The lowest BCUT2D eigenvalue weighted by Gasteiger charge is -2.37. The maximum atomic E-state index is 13.3. The van der Waals surface area contributed by atoms with Gasteiger partial charge in [0.25, 0.3) is 0 Å². The first-order valence-corrected chi connectivity index (χ1v) is 10.4. The first-order valence-electron chi connectivity index (χ1n) is 8.79. The standard InChI is InChI=1S/C20H24NO5P/c1-20(2)14-25-27(23,26-15-20)18(17-11-7-4-8-12-17)21-19(22)24-13-16-9-5-3-6-10-16/h3-12,18H,13-15H2,1-2H3,(H,21,22). The summed E-state index contributed by atoms with van der Waals surface area (Å²) in [5, 5.41) is 2.67. The number of hydrogen-bond acceptors (Lipinski definition) is 5. The molecule has 1 amide bonds. The zero-order chi connectivity index (χ0) is 19.3. The van der Waals surface area contributed by atoms with Crippen LogP contribution < -0.4 is 5.32 Å². The zero-order valence-electron chi connectivity index (χ0n) is 15.5. The van der Waals surface area contributed by atoms with Gasteiger partial charge < -0.3 is 19.1 Å². The summed E-state index contributed by atoms with van der Waals surface area (Å²) in [6.07, 6.45) is -0.681. The Labute approximate surface area is 159 Å². The Morgan fingerprint density at radius 2 is 1.63 bits per heavy atom. The van der Waals surface area contributed by atoms with Crippen molar-refractivity contribution in [3.8, 4) is 0 Å². The number of nitrogens with one attached hydrogen (secondary N) is 1. The van der Waals surface area contributed by atoms with E-state index in [9.17, 15) is 9.36 Å². The van der Waals surface area contributed by atoms with Gasteiger partial charge in [-0.05, 0) is 11.1 Å². The second-order valence-corrected chi connectivity index (χ2v) is 9.38. The largest absolute Gasteiger partial charge is 0.445 e. The maximum absolute atomic E-state index is 13.3. The second-order valence-electron chi connectivity index (χ2n) is 7.27. The molecule has 27 heavy (non-hydrogen) atoms. The minimum Gasteiger partial charge on any atom is -0.445 e. The van der Waals surface area contributed by atoms with Crippen molar-refractivity contribution < 1.29 is 23.1 Å².